The molecule has 0 spiro atoms. The molecule has 1 atom stereocenters. The van der Waals surface area contributed by atoms with Gasteiger partial charge >= 0.3 is 0 Å². The highest BCUT2D eigenvalue weighted by Crippen LogP contribution is 2.44. The molecule has 2 aromatic rings. The Hall–Kier alpha value is -1.97. The summed E-state index contributed by atoms with van der Waals surface area (Å²) in [5.41, 5.74) is 1.95. The van der Waals surface area contributed by atoms with E-state index in [1.807, 2.05) is 29.2 Å². The number of nitrogens with zero attached hydrogens (tertiary/aromatic N) is 2. The molecule has 0 bridgehead atoms. The Bertz CT molecular complexity index is 616. The topological polar surface area (TPSA) is 39.1 Å². The Morgan fingerprint density at radius 3 is 2.75 bits per heavy atom. The van der Waals surface area contributed by atoms with Gasteiger partial charge in [-0.25, -0.2) is 0 Å². The maximum atomic E-state index is 6.04. The van der Waals surface area contributed by atoms with Crippen LogP contribution in [0.4, 0.5) is 5.69 Å². The first-order chi connectivity index (χ1) is 9.47. The summed E-state index contributed by atoms with van der Waals surface area (Å²) < 4.78 is 8.00. The lowest BCUT2D eigenvalue weighted by atomic mass is 9.94. The molecule has 0 fully saturated rings. The highest BCUT2D eigenvalue weighted by molar-refractivity contribution is 5.50. The third-order valence-electron chi connectivity index (χ3n) is 3.74. The number of aromatic nitrogens is 2. The molecular formula is C16H21N3O. The Kier molecular flexibility index (Phi) is 2.96. The second kappa shape index (κ2) is 4.54. The van der Waals surface area contributed by atoms with E-state index in [-0.39, 0.29) is 11.6 Å². The van der Waals surface area contributed by atoms with Crippen molar-refractivity contribution in [1.29, 1.82) is 0 Å². The van der Waals surface area contributed by atoms with Gasteiger partial charge in [-0.2, -0.15) is 5.10 Å². The summed E-state index contributed by atoms with van der Waals surface area (Å²) in [7, 11) is 0. The van der Waals surface area contributed by atoms with Crippen molar-refractivity contribution in [2.75, 3.05) is 5.32 Å². The fraction of sp³-hybridized carbons (Fsp3) is 0.438. The van der Waals surface area contributed by atoms with Crippen LogP contribution in [-0.4, -0.2) is 15.4 Å². The molecule has 3 rings (SSSR count). The molecule has 4 heteroatoms. The Labute approximate surface area is 119 Å². The summed E-state index contributed by atoms with van der Waals surface area (Å²) in [6.07, 6.45) is 3.92. The summed E-state index contributed by atoms with van der Waals surface area (Å²) in [6.45, 7) is 8.46. The molecule has 20 heavy (non-hydrogen) atoms. The van der Waals surface area contributed by atoms with Crippen LogP contribution < -0.4 is 10.1 Å². The molecule has 1 aromatic heterocycles. The fourth-order valence-corrected chi connectivity index (χ4v) is 2.64. The minimum atomic E-state index is -0.274. The van der Waals surface area contributed by atoms with Gasteiger partial charge in [0.15, 0.2) is 0 Å². The van der Waals surface area contributed by atoms with Gasteiger partial charge in [0, 0.05) is 17.8 Å². The van der Waals surface area contributed by atoms with Gasteiger partial charge in [-0.05, 0) is 33.8 Å². The van der Waals surface area contributed by atoms with Gasteiger partial charge < -0.3 is 10.1 Å². The summed E-state index contributed by atoms with van der Waals surface area (Å²) in [4.78, 5) is 0. The lowest BCUT2D eigenvalue weighted by Gasteiger charge is -2.27. The molecule has 0 aliphatic carbocycles. The first kappa shape index (κ1) is 13.0. The lowest BCUT2D eigenvalue weighted by Crippen LogP contribution is -2.34. The summed E-state index contributed by atoms with van der Waals surface area (Å²) in [5.74, 6) is 0.964. The van der Waals surface area contributed by atoms with Crippen molar-refractivity contribution >= 4 is 5.69 Å². The SMILES string of the molecule is CC(C)n1cc(NC2c3ccccc3OC2(C)C)cn1. The Morgan fingerprint density at radius 1 is 1.30 bits per heavy atom. The van der Waals surface area contributed by atoms with Crippen molar-refractivity contribution in [3.05, 3.63) is 42.2 Å². The standard InChI is InChI=1S/C16H21N3O/c1-11(2)19-10-12(9-17-19)18-15-13-7-5-6-8-14(13)20-16(15,3)4/h5-11,15,18H,1-4H3. The van der Waals surface area contributed by atoms with E-state index < -0.39 is 0 Å². The minimum Gasteiger partial charge on any atom is -0.485 e. The number of rotatable bonds is 3. The van der Waals surface area contributed by atoms with Crippen molar-refractivity contribution in [2.45, 2.75) is 45.4 Å². The number of hydrogen-bond donors (Lipinski definition) is 1. The van der Waals surface area contributed by atoms with E-state index in [1.165, 1.54) is 5.56 Å². The zero-order valence-corrected chi connectivity index (χ0v) is 12.4. The smallest absolute Gasteiger partial charge is 0.128 e. The van der Waals surface area contributed by atoms with E-state index >= 15 is 0 Å². The average Bonchev–Trinajstić information content (AvgIpc) is 2.93. The second-order valence-electron chi connectivity index (χ2n) is 6.12. The van der Waals surface area contributed by atoms with Gasteiger partial charge in [-0.15, -0.1) is 0 Å². The first-order valence-corrected chi connectivity index (χ1v) is 7.06. The second-order valence-corrected chi connectivity index (χ2v) is 6.12. The molecule has 0 saturated carbocycles. The van der Waals surface area contributed by atoms with Gasteiger partial charge in [-0.3, -0.25) is 4.68 Å². The van der Waals surface area contributed by atoms with Crippen LogP contribution in [0.2, 0.25) is 0 Å². The number of anilines is 1. The van der Waals surface area contributed by atoms with Crippen molar-refractivity contribution in [3.8, 4) is 5.75 Å². The van der Waals surface area contributed by atoms with Crippen LogP contribution in [0.25, 0.3) is 0 Å². The molecular weight excluding hydrogens is 250 g/mol. The summed E-state index contributed by atoms with van der Waals surface area (Å²) in [6, 6.07) is 8.70. The van der Waals surface area contributed by atoms with Gasteiger partial charge in [0.25, 0.3) is 0 Å². The van der Waals surface area contributed by atoms with Crippen LogP contribution in [0.1, 0.15) is 45.3 Å². The molecule has 4 nitrogen and oxygen atoms in total. The van der Waals surface area contributed by atoms with E-state index in [1.54, 1.807) is 0 Å². The third-order valence-corrected chi connectivity index (χ3v) is 3.74. The van der Waals surface area contributed by atoms with E-state index in [9.17, 15) is 0 Å². The molecule has 106 valence electrons. The van der Waals surface area contributed by atoms with Crippen LogP contribution in [0.5, 0.6) is 5.75 Å². The maximum absolute atomic E-state index is 6.04. The Morgan fingerprint density at radius 2 is 2.05 bits per heavy atom. The molecule has 1 unspecified atom stereocenters. The van der Waals surface area contributed by atoms with Crippen LogP contribution in [0.15, 0.2) is 36.7 Å². The van der Waals surface area contributed by atoms with E-state index in [4.69, 9.17) is 4.74 Å². The van der Waals surface area contributed by atoms with Crippen LogP contribution in [-0.2, 0) is 0 Å². The Balaban J connectivity index is 1.89. The quantitative estimate of drug-likeness (QED) is 0.923. The molecule has 1 N–H and O–H groups in total. The van der Waals surface area contributed by atoms with Crippen molar-refractivity contribution in [1.82, 2.24) is 9.78 Å². The minimum absolute atomic E-state index is 0.128. The predicted octanol–water partition coefficient (Wildman–Crippen LogP) is 3.79. The number of para-hydroxylation sites is 1. The summed E-state index contributed by atoms with van der Waals surface area (Å²) in [5, 5.41) is 7.93. The van der Waals surface area contributed by atoms with E-state index in [0.717, 1.165) is 11.4 Å². The zero-order chi connectivity index (χ0) is 14.3. The number of fused-ring (bicyclic) bond motifs is 1. The first-order valence-electron chi connectivity index (χ1n) is 7.06. The number of nitrogens with one attached hydrogen (secondary N) is 1. The molecule has 0 radical (unpaired) electrons. The van der Waals surface area contributed by atoms with E-state index in [2.05, 4.69) is 50.2 Å². The number of ether oxygens (including phenoxy) is 1. The van der Waals surface area contributed by atoms with Crippen molar-refractivity contribution in [3.63, 3.8) is 0 Å². The molecule has 1 aliphatic rings. The molecule has 1 aliphatic heterocycles. The number of benzene rings is 1. The van der Waals surface area contributed by atoms with Crippen LogP contribution in [0, 0.1) is 0 Å². The van der Waals surface area contributed by atoms with Crippen molar-refractivity contribution < 1.29 is 4.74 Å². The monoisotopic (exact) mass is 271 g/mol. The zero-order valence-electron chi connectivity index (χ0n) is 12.4. The fourth-order valence-electron chi connectivity index (χ4n) is 2.64. The molecule has 1 aromatic carbocycles. The van der Waals surface area contributed by atoms with E-state index in [0.29, 0.717) is 6.04 Å². The highest BCUT2D eigenvalue weighted by atomic mass is 16.5. The highest BCUT2D eigenvalue weighted by Gasteiger charge is 2.41. The predicted molar refractivity (Wildman–Crippen MR) is 80.1 cm³/mol. The average molecular weight is 271 g/mol. The molecule has 2 heterocycles. The van der Waals surface area contributed by atoms with Gasteiger partial charge in [-0.1, -0.05) is 18.2 Å². The normalized spacial score (nSPS) is 19.8. The van der Waals surface area contributed by atoms with Crippen LogP contribution in [0.3, 0.4) is 0 Å². The molecule has 0 amide bonds. The van der Waals surface area contributed by atoms with Gasteiger partial charge in [0.05, 0.1) is 17.9 Å². The van der Waals surface area contributed by atoms with Gasteiger partial charge in [0.2, 0.25) is 0 Å². The van der Waals surface area contributed by atoms with Crippen molar-refractivity contribution in [2.24, 2.45) is 0 Å². The molecule has 0 saturated heterocycles. The summed E-state index contributed by atoms with van der Waals surface area (Å²) >= 11 is 0. The lowest BCUT2D eigenvalue weighted by molar-refractivity contribution is 0.118. The maximum Gasteiger partial charge on any atom is 0.128 e. The van der Waals surface area contributed by atoms with Crippen LogP contribution >= 0.6 is 0 Å². The largest absolute Gasteiger partial charge is 0.485 e. The van der Waals surface area contributed by atoms with Gasteiger partial charge in [0.1, 0.15) is 11.4 Å². The third kappa shape index (κ3) is 2.15. The number of hydrogen-bond acceptors (Lipinski definition) is 3.